The second-order valence-corrected chi connectivity index (χ2v) is 6.48. The molecule has 0 unspecified atom stereocenters. The second-order valence-electron chi connectivity index (χ2n) is 5.40. The molecule has 0 fully saturated rings. The minimum absolute atomic E-state index is 0.236. The summed E-state index contributed by atoms with van der Waals surface area (Å²) < 4.78 is 15.0. The van der Waals surface area contributed by atoms with Crippen molar-refractivity contribution >= 4 is 17.3 Å². The first-order valence-corrected chi connectivity index (χ1v) is 8.29. The maximum Gasteiger partial charge on any atom is 0.124 e. The molecule has 1 N–H and O–H groups in total. The number of halogens is 1. The minimum atomic E-state index is -0.467. The average molecular weight is 360 g/mol. The van der Waals surface area contributed by atoms with Gasteiger partial charge in [-0.1, -0.05) is 11.8 Å². The molecule has 0 amide bonds. The van der Waals surface area contributed by atoms with Crippen molar-refractivity contribution in [1.29, 1.82) is 10.5 Å². The number of hydrogen-bond donors (Lipinski definition) is 1. The first kappa shape index (κ1) is 15.9. The molecular weight excluding hydrogens is 351 g/mol. The topological polar surface area (TPSA) is 93.6 Å². The fourth-order valence-corrected chi connectivity index (χ4v) is 3.68. The zero-order chi connectivity index (χ0) is 18.1. The molecular formula is C18H9FN6S. The lowest BCUT2D eigenvalue weighted by Crippen LogP contribution is -1.92. The third kappa shape index (κ3) is 2.69. The number of benzene rings is 1. The van der Waals surface area contributed by atoms with Crippen LogP contribution in [0.2, 0.25) is 0 Å². The summed E-state index contributed by atoms with van der Waals surface area (Å²) in [4.78, 5) is 1.34. The highest BCUT2D eigenvalue weighted by atomic mass is 32.2. The predicted molar refractivity (Wildman–Crippen MR) is 92.7 cm³/mol. The largest absolute Gasteiger partial charge is 0.285 e. The highest BCUT2D eigenvalue weighted by Gasteiger charge is 2.15. The smallest absolute Gasteiger partial charge is 0.124 e. The van der Waals surface area contributed by atoms with Gasteiger partial charge in [0.2, 0.25) is 0 Å². The lowest BCUT2D eigenvalue weighted by atomic mass is 10.1. The number of nitriles is 2. The van der Waals surface area contributed by atoms with E-state index in [1.807, 2.05) is 12.1 Å². The molecule has 0 saturated carbocycles. The van der Waals surface area contributed by atoms with Crippen molar-refractivity contribution in [2.75, 3.05) is 0 Å². The highest BCUT2D eigenvalue weighted by molar-refractivity contribution is 7.99. The molecule has 0 saturated heterocycles. The number of aromatic nitrogens is 4. The summed E-state index contributed by atoms with van der Waals surface area (Å²) >= 11 is 1.29. The van der Waals surface area contributed by atoms with Gasteiger partial charge in [0.1, 0.15) is 18.0 Å². The monoisotopic (exact) mass is 360 g/mol. The number of fused-ring (bicyclic) bond motifs is 1. The Labute approximate surface area is 151 Å². The normalized spacial score (nSPS) is 10.6. The van der Waals surface area contributed by atoms with Gasteiger partial charge in [-0.3, -0.25) is 5.10 Å². The summed E-state index contributed by atoms with van der Waals surface area (Å²) in [6.45, 7) is 0. The Kier molecular flexibility index (Phi) is 3.88. The lowest BCUT2D eigenvalue weighted by Gasteiger charge is -2.09. The van der Waals surface area contributed by atoms with Crippen molar-refractivity contribution in [3.8, 4) is 23.3 Å². The van der Waals surface area contributed by atoms with E-state index in [2.05, 4.69) is 21.4 Å². The zero-order valence-electron chi connectivity index (χ0n) is 13.1. The highest BCUT2D eigenvalue weighted by Crippen LogP contribution is 2.37. The Morgan fingerprint density at radius 2 is 1.88 bits per heavy atom. The molecule has 124 valence electrons. The van der Waals surface area contributed by atoms with Crippen LogP contribution in [0.4, 0.5) is 4.39 Å². The van der Waals surface area contributed by atoms with Crippen LogP contribution in [0.15, 0.2) is 58.8 Å². The molecule has 3 heterocycles. The van der Waals surface area contributed by atoms with Crippen LogP contribution in [0.3, 0.4) is 0 Å². The van der Waals surface area contributed by atoms with Crippen molar-refractivity contribution in [2.45, 2.75) is 9.79 Å². The Morgan fingerprint density at radius 3 is 2.62 bits per heavy atom. The van der Waals surface area contributed by atoms with Crippen LogP contribution < -0.4 is 0 Å². The molecule has 6 nitrogen and oxygen atoms in total. The molecule has 0 bridgehead atoms. The van der Waals surface area contributed by atoms with Crippen molar-refractivity contribution in [3.63, 3.8) is 0 Å². The summed E-state index contributed by atoms with van der Waals surface area (Å²) in [5.41, 5.74) is 3.01. The van der Waals surface area contributed by atoms with Crippen LogP contribution in [0.1, 0.15) is 11.1 Å². The zero-order valence-corrected chi connectivity index (χ0v) is 14.0. The van der Waals surface area contributed by atoms with E-state index in [9.17, 15) is 14.9 Å². The Morgan fingerprint density at radius 1 is 1.04 bits per heavy atom. The van der Waals surface area contributed by atoms with Crippen LogP contribution in [0.25, 0.3) is 16.6 Å². The van der Waals surface area contributed by atoms with E-state index in [4.69, 9.17) is 0 Å². The molecule has 26 heavy (non-hydrogen) atoms. The molecule has 4 aromatic rings. The molecule has 8 heteroatoms. The summed E-state index contributed by atoms with van der Waals surface area (Å²) in [6.07, 6.45) is 6.74. The molecule has 0 atom stereocenters. The predicted octanol–water partition coefficient (Wildman–Crippen LogP) is 3.76. The van der Waals surface area contributed by atoms with Crippen molar-refractivity contribution < 1.29 is 4.39 Å². The van der Waals surface area contributed by atoms with E-state index in [1.54, 1.807) is 29.2 Å². The number of nitrogens with one attached hydrogen (secondary N) is 1. The van der Waals surface area contributed by atoms with Crippen LogP contribution in [0, 0.1) is 28.5 Å². The summed E-state index contributed by atoms with van der Waals surface area (Å²) in [6, 6.07) is 10.1. The van der Waals surface area contributed by atoms with Crippen molar-refractivity contribution in [2.24, 2.45) is 0 Å². The van der Waals surface area contributed by atoms with Gasteiger partial charge in [0.05, 0.1) is 29.0 Å². The molecule has 0 aliphatic carbocycles. The van der Waals surface area contributed by atoms with Gasteiger partial charge in [0.25, 0.3) is 0 Å². The second kappa shape index (κ2) is 6.36. The number of hydrogen-bond acceptors (Lipinski definition) is 5. The Balaban J connectivity index is 1.92. The van der Waals surface area contributed by atoms with Crippen LogP contribution in [-0.4, -0.2) is 19.8 Å². The maximum atomic E-state index is 13.4. The van der Waals surface area contributed by atoms with Gasteiger partial charge >= 0.3 is 0 Å². The van der Waals surface area contributed by atoms with Gasteiger partial charge in [0.15, 0.2) is 0 Å². The average Bonchev–Trinajstić information content (AvgIpc) is 3.32. The van der Waals surface area contributed by atoms with E-state index < -0.39 is 5.82 Å². The fourth-order valence-electron chi connectivity index (χ4n) is 2.61. The molecule has 0 aliphatic rings. The number of aromatic amines is 1. The van der Waals surface area contributed by atoms with E-state index in [-0.39, 0.29) is 5.56 Å². The van der Waals surface area contributed by atoms with Gasteiger partial charge in [0, 0.05) is 33.3 Å². The Hall–Kier alpha value is -3.62. The fraction of sp³-hybridized carbons (Fsp3) is 0. The van der Waals surface area contributed by atoms with E-state index in [0.717, 1.165) is 16.0 Å². The quantitative estimate of drug-likeness (QED) is 0.600. The third-order valence-corrected chi connectivity index (χ3v) is 4.92. The van der Waals surface area contributed by atoms with E-state index in [0.29, 0.717) is 16.0 Å². The number of pyridine rings is 1. The van der Waals surface area contributed by atoms with Crippen LogP contribution in [-0.2, 0) is 0 Å². The Bertz CT molecular complexity index is 1200. The first-order chi connectivity index (χ1) is 12.7. The summed E-state index contributed by atoms with van der Waals surface area (Å²) in [5.74, 6) is -0.467. The van der Waals surface area contributed by atoms with Crippen LogP contribution in [0.5, 0.6) is 0 Å². The summed E-state index contributed by atoms with van der Waals surface area (Å²) in [7, 11) is 0. The SMILES string of the molecule is N#Cc1cc(F)ccc1Sc1cc(-c2cn[nH]c2)cn2ncc(C#N)c12. The number of H-pyrrole nitrogens is 1. The summed E-state index contributed by atoms with van der Waals surface area (Å²) in [5, 5.41) is 29.6. The standard InChI is InChI=1S/C18H9FN6S/c19-15-1-2-16(11(3-15)5-20)26-17-4-12(14-7-22-23-8-14)10-25-18(17)13(6-21)9-24-25/h1-4,7-10H,(H,22,23). The van der Waals surface area contributed by atoms with Gasteiger partial charge in [-0.15, -0.1) is 0 Å². The van der Waals surface area contributed by atoms with E-state index >= 15 is 0 Å². The molecule has 3 aromatic heterocycles. The first-order valence-electron chi connectivity index (χ1n) is 7.48. The molecule has 0 aliphatic heterocycles. The van der Waals surface area contributed by atoms with Crippen molar-refractivity contribution in [3.05, 3.63) is 66.0 Å². The van der Waals surface area contributed by atoms with Gasteiger partial charge < -0.3 is 0 Å². The minimum Gasteiger partial charge on any atom is -0.285 e. The molecule has 4 rings (SSSR count). The molecule has 0 spiro atoms. The molecule has 0 radical (unpaired) electrons. The van der Waals surface area contributed by atoms with Crippen molar-refractivity contribution in [1.82, 2.24) is 19.8 Å². The van der Waals surface area contributed by atoms with Gasteiger partial charge in [-0.05, 0) is 24.3 Å². The van der Waals surface area contributed by atoms with Gasteiger partial charge in [-0.2, -0.15) is 20.7 Å². The number of rotatable bonds is 3. The maximum absolute atomic E-state index is 13.4. The van der Waals surface area contributed by atoms with E-state index in [1.165, 1.54) is 30.1 Å². The third-order valence-electron chi connectivity index (χ3n) is 3.81. The lowest BCUT2D eigenvalue weighted by molar-refractivity contribution is 0.626. The number of nitrogens with zero attached hydrogens (tertiary/aromatic N) is 5. The van der Waals surface area contributed by atoms with Crippen LogP contribution >= 0.6 is 11.8 Å². The van der Waals surface area contributed by atoms with Gasteiger partial charge in [-0.25, -0.2) is 8.91 Å². The molecule has 1 aromatic carbocycles.